The lowest BCUT2D eigenvalue weighted by Gasteiger charge is -2.11. The maximum absolute atomic E-state index is 11.9. The van der Waals surface area contributed by atoms with Crippen molar-refractivity contribution in [2.24, 2.45) is 0 Å². The zero-order chi connectivity index (χ0) is 15.4. The van der Waals surface area contributed by atoms with E-state index in [1.807, 2.05) is 45.9 Å². The first kappa shape index (κ1) is 15.4. The average molecular weight is 305 g/mol. The van der Waals surface area contributed by atoms with Crippen LogP contribution < -0.4 is 10.1 Å². The van der Waals surface area contributed by atoms with Crippen LogP contribution in [0.3, 0.4) is 0 Å². The van der Waals surface area contributed by atoms with Crippen molar-refractivity contribution in [3.63, 3.8) is 0 Å². The highest BCUT2D eigenvalue weighted by atomic mass is 32.1. The number of nitrogens with zero attached hydrogens (tertiary/aromatic N) is 2. The van der Waals surface area contributed by atoms with E-state index in [2.05, 4.69) is 15.5 Å². The van der Waals surface area contributed by atoms with Crippen molar-refractivity contribution in [1.82, 2.24) is 10.2 Å². The fourth-order valence-corrected chi connectivity index (χ4v) is 2.60. The van der Waals surface area contributed by atoms with Gasteiger partial charge in [-0.25, -0.2) is 0 Å². The van der Waals surface area contributed by atoms with E-state index in [4.69, 9.17) is 4.74 Å². The SMILES string of the molecule is Cc1cccc(C)c1OCC(=O)Nc1nnc(C(C)C)s1. The van der Waals surface area contributed by atoms with Crippen molar-refractivity contribution < 1.29 is 9.53 Å². The monoisotopic (exact) mass is 305 g/mol. The van der Waals surface area contributed by atoms with E-state index in [1.165, 1.54) is 11.3 Å². The summed E-state index contributed by atoms with van der Waals surface area (Å²) >= 11 is 1.39. The molecule has 0 spiro atoms. The number of rotatable bonds is 5. The van der Waals surface area contributed by atoms with Crippen LogP contribution in [0.25, 0.3) is 0 Å². The molecule has 1 aromatic carbocycles. The third kappa shape index (κ3) is 4.01. The van der Waals surface area contributed by atoms with E-state index in [9.17, 15) is 4.79 Å². The van der Waals surface area contributed by atoms with Gasteiger partial charge in [-0.2, -0.15) is 0 Å². The topological polar surface area (TPSA) is 64.1 Å². The van der Waals surface area contributed by atoms with E-state index in [0.29, 0.717) is 11.0 Å². The lowest BCUT2D eigenvalue weighted by atomic mass is 10.1. The Morgan fingerprint density at radius 1 is 1.29 bits per heavy atom. The molecule has 0 unspecified atom stereocenters. The van der Waals surface area contributed by atoms with Gasteiger partial charge < -0.3 is 4.74 Å². The predicted molar refractivity (Wildman–Crippen MR) is 84.0 cm³/mol. The number of ether oxygens (including phenoxy) is 1. The zero-order valence-corrected chi connectivity index (χ0v) is 13.5. The van der Waals surface area contributed by atoms with E-state index in [0.717, 1.165) is 21.9 Å². The number of benzene rings is 1. The molecular formula is C15H19N3O2S. The first-order valence-electron chi connectivity index (χ1n) is 6.79. The van der Waals surface area contributed by atoms with E-state index < -0.39 is 0 Å². The van der Waals surface area contributed by atoms with Gasteiger partial charge in [-0.1, -0.05) is 43.4 Å². The fourth-order valence-electron chi connectivity index (χ4n) is 1.84. The van der Waals surface area contributed by atoms with Crippen LogP contribution in [0.1, 0.15) is 35.9 Å². The molecule has 1 amide bonds. The molecule has 0 saturated carbocycles. The Bertz CT molecular complexity index is 617. The molecule has 0 saturated heterocycles. The predicted octanol–water partition coefficient (Wildman–Crippen LogP) is 3.30. The highest BCUT2D eigenvalue weighted by Crippen LogP contribution is 2.23. The van der Waals surface area contributed by atoms with Gasteiger partial charge in [0.05, 0.1) is 0 Å². The standard InChI is InChI=1S/C15H19N3O2S/c1-9(2)14-17-18-15(21-14)16-12(19)8-20-13-10(3)6-5-7-11(13)4/h5-7,9H,8H2,1-4H3,(H,16,18,19). The molecule has 0 aliphatic heterocycles. The lowest BCUT2D eigenvalue weighted by molar-refractivity contribution is -0.118. The van der Waals surface area contributed by atoms with Crippen LogP contribution in [-0.4, -0.2) is 22.7 Å². The van der Waals surface area contributed by atoms with E-state index in [-0.39, 0.29) is 12.5 Å². The Balaban J connectivity index is 1.93. The van der Waals surface area contributed by atoms with Crippen LogP contribution in [0, 0.1) is 13.8 Å². The quantitative estimate of drug-likeness (QED) is 0.920. The number of nitrogens with one attached hydrogen (secondary N) is 1. The molecule has 0 aliphatic carbocycles. The van der Waals surface area contributed by atoms with Gasteiger partial charge in [0.1, 0.15) is 10.8 Å². The second-order valence-corrected chi connectivity index (χ2v) is 6.17. The Kier molecular flexibility index (Phi) is 4.90. The molecule has 1 heterocycles. The third-order valence-electron chi connectivity index (χ3n) is 2.94. The summed E-state index contributed by atoms with van der Waals surface area (Å²) in [5.74, 6) is 0.830. The van der Waals surface area contributed by atoms with Gasteiger partial charge in [0, 0.05) is 5.92 Å². The van der Waals surface area contributed by atoms with E-state index in [1.54, 1.807) is 0 Å². The molecule has 0 bridgehead atoms. The molecule has 112 valence electrons. The number of carbonyl (C=O) groups is 1. The molecule has 0 radical (unpaired) electrons. The van der Waals surface area contributed by atoms with Crippen molar-refractivity contribution >= 4 is 22.4 Å². The number of anilines is 1. The van der Waals surface area contributed by atoms with Crippen LogP contribution >= 0.6 is 11.3 Å². The van der Waals surface area contributed by atoms with Crippen molar-refractivity contribution in [2.75, 3.05) is 11.9 Å². The lowest BCUT2D eigenvalue weighted by Crippen LogP contribution is -2.20. The number of carbonyl (C=O) groups excluding carboxylic acids is 1. The normalized spacial score (nSPS) is 10.7. The molecule has 5 nitrogen and oxygen atoms in total. The number of aryl methyl sites for hydroxylation is 2. The van der Waals surface area contributed by atoms with Gasteiger partial charge in [0.25, 0.3) is 5.91 Å². The first-order valence-corrected chi connectivity index (χ1v) is 7.61. The summed E-state index contributed by atoms with van der Waals surface area (Å²) in [4.78, 5) is 11.9. The molecular weight excluding hydrogens is 286 g/mol. The Labute approximate surface area is 128 Å². The molecule has 2 aromatic rings. The molecule has 0 fully saturated rings. The summed E-state index contributed by atoms with van der Waals surface area (Å²) in [5, 5.41) is 12.1. The summed E-state index contributed by atoms with van der Waals surface area (Å²) in [6, 6.07) is 5.88. The Hall–Kier alpha value is -1.95. The van der Waals surface area contributed by atoms with Gasteiger partial charge >= 0.3 is 0 Å². The Morgan fingerprint density at radius 3 is 2.52 bits per heavy atom. The summed E-state index contributed by atoms with van der Waals surface area (Å²) in [7, 11) is 0. The second-order valence-electron chi connectivity index (χ2n) is 5.16. The fraction of sp³-hybridized carbons (Fsp3) is 0.400. The second kappa shape index (κ2) is 6.67. The van der Waals surface area contributed by atoms with Crippen LogP contribution in [0.4, 0.5) is 5.13 Å². The smallest absolute Gasteiger partial charge is 0.264 e. The largest absolute Gasteiger partial charge is 0.483 e. The first-order chi connectivity index (χ1) is 9.97. The van der Waals surface area contributed by atoms with Gasteiger partial charge in [0.15, 0.2) is 6.61 Å². The number of para-hydroxylation sites is 1. The minimum atomic E-state index is -0.232. The molecule has 1 N–H and O–H groups in total. The number of amides is 1. The summed E-state index contributed by atoms with van der Waals surface area (Å²) in [5.41, 5.74) is 2.03. The van der Waals surface area contributed by atoms with Gasteiger partial charge in [-0.15, -0.1) is 10.2 Å². The van der Waals surface area contributed by atoms with Crippen molar-refractivity contribution in [3.05, 3.63) is 34.3 Å². The maximum atomic E-state index is 11.9. The zero-order valence-electron chi connectivity index (χ0n) is 12.6. The molecule has 6 heteroatoms. The summed E-state index contributed by atoms with van der Waals surface area (Å²) in [6.07, 6.45) is 0. The van der Waals surface area contributed by atoms with Crippen molar-refractivity contribution in [3.8, 4) is 5.75 Å². The van der Waals surface area contributed by atoms with E-state index >= 15 is 0 Å². The Morgan fingerprint density at radius 2 is 1.95 bits per heavy atom. The van der Waals surface area contributed by atoms with Crippen molar-refractivity contribution in [1.29, 1.82) is 0 Å². The van der Waals surface area contributed by atoms with Crippen LogP contribution in [0.5, 0.6) is 5.75 Å². The molecule has 0 atom stereocenters. The molecule has 2 rings (SSSR count). The molecule has 21 heavy (non-hydrogen) atoms. The van der Waals surface area contributed by atoms with Gasteiger partial charge in [0.2, 0.25) is 5.13 Å². The molecule has 0 aliphatic rings. The number of hydrogen-bond acceptors (Lipinski definition) is 5. The average Bonchev–Trinajstić information content (AvgIpc) is 2.87. The van der Waals surface area contributed by atoms with Crippen LogP contribution in [0.2, 0.25) is 0 Å². The van der Waals surface area contributed by atoms with Crippen molar-refractivity contribution in [2.45, 2.75) is 33.6 Å². The molecule has 1 aromatic heterocycles. The maximum Gasteiger partial charge on any atom is 0.264 e. The minimum absolute atomic E-state index is 0.0394. The van der Waals surface area contributed by atoms with Crippen LogP contribution in [0.15, 0.2) is 18.2 Å². The highest BCUT2D eigenvalue weighted by Gasteiger charge is 2.12. The highest BCUT2D eigenvalue weighted by molar-refractivity contribution is 7.15. The number of aromatic nitrogens is 2. The summed E-state index contributed by atoms with van der Waals surface area (Å²) in [6.45, 7) is 7.95. The minimum Gasteiger partial charge on any atom is -0.483 e. The third-order valence-corrected chi connectivity index (χ3v) is 4.08. The summed E-state index contributed by atoms with van der Waals surface area (Å²) < 4.78 is 5.60. The number of hydrogen-bond donors (Lipinski definition) is 1. The van der Waals surface area contributed by atoms with Crippen LogP contribution in [-0.2, 0) is 4.79 Å². The van der Waals surface area contributed by atoms with Gasteiger partial charge in [-0.3, -0.25) is 10.1 Å². The van der Waals surface area contributed by atoms with Gasteiger partial charge in [-0.05, 0) is 25.0 Å².